The molecule has 1 atom stereocenters. The molecular formula is C16H31N3. The summed E-state index contributed by atoms with van der Waals surface area (Å²) in [5.41, 5.74) is 0. The Kier molecular flexibility index (Phi) is 4.78. The number of rotatable bonds is 3. The molecule has 3 nitrogen and oxygen atoms in total. The zero-order valence-corrected chi connectivity index (χ0v) is 12.6. The van der Waals surface area contributed by atoms with Crippen molar-refractivity contribution in [3.05, 3.63) is 0 Å². The van der Waals surface area contributed by atoms with E-state index in [0.717, 1.165) is 18.0 Å². The van der Waals surface area contributed by atoms with Crippen molar-refractivity contribution < 1.29 is 0 Å². The van der Waals surface area contributed by atoms with Crippen LogP contribution in [0.15, 0.2) is 0 Å². The molecular weight excluding hydrogens is 234 g/mol. The standard InChI is InChI=1S/C16H31N3/c1-2-14-3-5-15(6-4-14)18-9-11-19(12-10-18)16-7-8-17-13-16/h14-17H,2-13H2,1H3. The van der Waals surface area contributed by atoms with Crippen LogP contribution in [0.5, 0.6) is 0 Å². The molecule has 3 aliphatic rings. The lowest BCUT2D eigenvalue weighted by Gasteiger charge is -2.43. The second-order valence-electron chi connectivity index (χ2n) is 6.80. The van der Waals surface area contributed by atoms with Crippen LogP contribution >= 0.6 is 0 Å². The van der Waals surface area contributed by atoms with Gasteiger partial charge in [0.1, 0.15) is 0 Å². The minimum atomic E-state index is 0.831. The van der Waals surface area contributed by atoms with Crippen molar-refractivity contribution in [2.75, 3.05) is 39.3 Å². The van der Waals surface area contributed by atoms with E-state index in [9.17, 15) is 0 Å². The van der Waals surface area contributed by atoms with Crippen LogP contribution in [0, 0.1) is 5.92 Å². The first kappa shape index (κ1) is 13.8. The maximum absolute atomic E-state index is 3.50. The third-order valence-corrected chi connectivity index (χ3v) is 5.81. The fraction of sp³-hybridized carbons (Fsp3) is 1.00. The van der Waals surface area contributed by atoms with Crippen LogP contribution in [-0.2, 0) is 0 Å². The van der Waals surface area contributed by atoms with Crippen LogP contribution in [0.4, 0.5) is 0 Å². The van der Waals surface area contributed by atoms with E-state index in [-0.39, 0.29) is 0 Å². The highest BCUT2D eigenvalue weighted by Crippen LogP contribution is 2.30. The Morgan fingerprint density at radius 1 is 0.842 bits per heavy atom. The molecule has 1 unspecified atom stereocenters. The summed E-state index contributed by atoms with van der Waals surface area (Å²) >= 11 is 0. The van der Waals surface area contributed by atoms with Crippen molar-refractivity contribution in [2.45, 2.75) is 57.5 Å². The van der Waals surface area contributed by atoms with E-state index >= 15 is 0 Å². The van der Waals surface area contributed by atoms with Gasteiger partial charge in [-0.05, 0) is 44.6 Å². The maximum atomic E-state index is 3.50. The molecule has 0 spiro atoms. The lowest BCUT2D eigenvalue weighted by molar-refractivity contribution is 0.0540. The first-order valence-corrected chi connectivity index (χ1v) is 8.55. The normalized spacial score (nSPS) is 38.7. The Balaban J connectivity index is 1.42. The maximum Gasteiger partial charge on any atom is 0.0233 e. The molecule has 0 radical (unpaired) electrons. The quantitative estimate of drug-likeness (QED) is 0.841. The van der Waals surface area contributed by atoms with Crippen molar-refractivity contribution in [3.63, 3.8) is 0 Å². The monoisotopic (exact) mass is 265 g/mol. The van der Waals surface area contributed by atoms with Gasteiger partial charge in [0.25, 0.3) is 0 Å². The fourth-order valence-corrected chi connectivity index (χ4v) is 4.34. The van der Waals surface area contributed by atoms with E-state index in [2.05, 4.69) is 22.0 Å². The number of nitrogens with one attached hydrogen (secondary N) is 1. The molecule has 3 heteroatoms. The van der Waals surface area contributed by atoms with Crippen molar-refractivity contribution in [3.8, 4) is 0 Å². The van der Waals surface area contributed by atoms with E-state index in [0.29, 0.717) is 0 Å². The Morgan fingerprint density at radius 3 is 2.00 bits per heavy atom. The average Bonchev–Trinajstić information content (AvgIpc) is 3.02. The lowest BCUT2D eigenvalue weighted by atomic mass is 9.84. The molecule has 0 aromatic rings. The van der Waals surface area contributed by atoms with Crippen LogP contribution in [0.25, 0.3) is 0 Å². The number of hydrogen-bond acceptors (Lipinski definition) is 3. The van der Waals surface area contributed by atoms with Crippen molar-refractivity contribution in [1.29, 1.82) is 0 Å². The van der Waals surface area contributed by atoms with Crippen LogP contribution in [0.1, 0.15) is 45.4 Å². The summed E-state index contributed by atoms with van der Waals surface area (Å²) in [6.45, 7) is 10.1. The van der Waals surface area contributed by atoms with Gasteiger partial charge in [-0.1, -0.05) is 13.3 Å². The molecule has 0 aromatic heterocycles. The third-order valence-electron chi connectivity index (χ3n) is 5.81. The third kappa shape index (κ3) is 3.32. The zero-order chi connectivity index (χ0) is 13.1. The molecule has 2 aliphatic heterocycles. The lowest BCUT2D eigenvalue weighted by Crippen LogP contribution is -2.54. The second-order valence-corrected chi connectivity index (χ2v) is 6.80. The van der Waals surface area contributed by atoms with Crippen molar-refractivity contribution in [1.82, 2.24) is 15.1 Å². The van der Waals surface area contributed by atoms with Crippen LogP contribution in [0.2, 0.25) is 0 Å². The molecule has 2 heterocycles. The predicted molar refractivity (Wildman–Crippen MR) is 80.5 cm³/mol. The van der Waals surface area contributed by atoms with Crippen LogP contribution < -0.4 is 5.32 Å². The SMILES string of the molecule is CCC1CCC(N2CCN(C3CCNC3)CC2)CC1. The molecule has 19 heavy (non-hydrogen) atoms. The number of nitrogens with zero attached hydrogens (tertiary/aromatic N) is 2. The summed E-state index contributed by atoms with van der Waals surface area (Å²) in [6, 6.07) is 1.74. The molecule has 2 saturated heterocycles. The molecule has 1 saturated carbocycles. The summed E-state index contributed by atoms with van der Waals surface area (Å²) in [6.07, 6.45) is 8.64. The van der Waals surface area contributed by atoms with Gasteiger partial charge in [0.05, 0.1) is 0 Å². The van der Waals surface area contributed by atoms with Gasteiger partial charge in [0.2, 0.25) is 0 Å². The highest BCUT2D eigenvalue weighted by Gasteiger charge is 2.30. The Bertz CT molecular complexity index is 259. The Hall–Kier alpha value is -0.120. The molecule has 1 aliphatic carbocycles. The fourth-order valence-electron chi connectivity index (χ4n) is 4.34. The van der Waals surface area contributed by atoms with Crippen molar-refractivity contribution >= 4 is 0 Å². The summed E-state index contributed by atoms with van der Waals surface area (Å²) in [4.78, 5) is 5.53. The van der Waals surface area contributed by atoms with Gasteiger partial charge >= 0.3 is 0 Å². The minimum Gasteiger partial charge on any atom is -0.315 e. The number of piperazine rings is 1. The van der Waals surface area contributed by atoms with Gasteiger partial charge < -0.3 is 5.32 Å². The van der Waals surface area contributed by atoms with E-state index in [1.165, 1.54) is 77.8 Å². The molecule has 3 rings (SSSR count). The predicted octanol–water partition coefficient (Wildman–Crippen LogP) is 1.93. The average molecular weight is 265 g/mol. The van der Waals surface area contributed by atoms with E-state index in [1.54, 1.807) is 0 Å². The highest BCUT2D eigenvalue weighted by molar-refractivity contribution is 4.87. The first-order valence-electron chi connectivity index (χ1n) is 8.55. The Labute approximate surface area is 118 Å². The number of hydrogen-bond donors (Lipinski definition) is 1. The van der Waals surface area contributed by atoms with Crippen LogP contribution in [0.3, 0.4) is 0 Å². The second kappa shape index (κ2) is 6.55. The van der Waals surface area contributed by atoms with Gasteiger partial charge in [0.15, 0.2) is 0 Å². The zero-order valence-electron chi connectivity index (χ0n) is 12.6. The molecule has 0 bridgehead atoms. The van der Waals surface area contributed by atoms with Gasteiger partial charge in [-0.2, -0.15) is 0 Å². The van der Waals surface area contributed by atoms with E-state index < -0.39 is 0 Å². The van der Waals surface area contributed by atoms with Gasteiger partial charge in [-0.25, -0.2) is 0 Å². The Morgan fingerprint density at radius 2 is 1.47 bits per heavy atom. The van der Waals surface area contributed by atoms with Gasteiger partial charge in [-0.3, -0.25) is 9.80 Å². The topological polar surface area (TPSA) is 18.5 Å². The summed E-state index contributed by atoms with van der Waals surface area (Å²) in [5, 5.41) is 3.50. The molecule has 0 aromatic carbocycles. The summed E-state index contributed by atoms with van der Waals surface area (Å²) in [5.74, 6) is 1.03. The molecule has 1 N–H and O–H groups in total. The first-order chi connectivity index (χ1) is 9.36. The van der Waals surface area contributed by atoms with Gasteiger partial charge in [0, 0.05) is 44.8 Å². The van der Waals surface area contributed by atoms with Crippen LogP contribution in [-0.4, -0.2) is 61.2 Å². The molecule has 110 valence electrons. The highest BCUT2D eigenvalue weighted by atomic mass is 15.3. The molecule has 0 amide bonds. The largest absolute Gasteiger partial charge is 0.315 e. The molecule has 3 fully saturated rings. The minimum absolute atomic E-state index is 0.831. The van der Waals surface area contributed by atoms with E-state index in [1.807, 2.05) is 0 Å². The van der Waals surface area contributed by atoms with Crippen molar-refractivity contribution in [2.24, 2.45) is 5.92 Å². The smallest absolute Gasteiger partial charge is 0.0233 e. The van der Waals surface area contributed by atoms with E-state index in [4.69, 9.17) is 0 Å². The summed E-state index contributed by atoms with van der Waals surface area (Å²) < 4.78 is 0. The summed E-state index contributed by atoms with van der Waals surface area (Å²) in [7, 11) is 0. The van der Waals surface area contributed by atoms with Gasteiger partial charge in [-0.15, -0.1) is 0 Å².